The second-order valence-electron chi connectivity index (χ2n) is 5.17. The van der Waals surface area contributed by atoms with Crippen LogP contribution in [0.2, 0.25) is 5.02 Å². The van der Waals surface area contributed by atoms with Gasteiger partial charge in [-0.25, -0.2) is 8.78 Å². The molecule has 0 bridgehead atoms. The Kier molecular flexibility index (Phi) is 4.92. The van der Waals surface area contributed by atoms with E-state index in [4.69, 9.17) is 23.8 Å². The number of nitrogens with one attached hydrogen (secondary N) is 2. The smallest absolute Gasteiger partial charge is 0.258 e. The van der Waals surface area contributed by atoms with Crippen molar-refractivity contribution in [2.45, 2.75) is 0 Å². The third-order valence-electron chi connectivity index (χ3n) is 3.52. The van der Waals surface area contributed by atoms with E-state index in [0.29, 0.717) is 16.0 Å². The van der Waals surface area contributed by atoms with Gasteiger partial charge in [0, 0.05) is 22.0 Å². The molecule has 0 saturated heterocycles. The lowest BCUT2D eigenvalue weighted by atomic mass is 10.0. The van der Waals surface area contributed by atoms with Crippen molar-refractivity contribution in [2.75, 3.05) is 5.32 Å². The van der Waals surface area contributed by atoms with Crippen LogP contribution in [-0.4, -0.2) is 11.0 Å². The van der Waals surface area contributed by atoms with E-state index < -0.39 is 17.5 Å². The number of rotatable bonds is 2. The minimum atomic E-state index is -0.812. The van der Waals surface area contributed by atoms with Crippen LogP contribution in [0.3, 0.4) is 0 Å². The molecule has 0 heterocycles. The van der Waals surface area contributed by atoms with E-state index in [1.807, 2.05) is 0 Å². The molecule has 0 aliphatic rings. The van der Waals surface area contributed by atoms with E-state index >= 15 is 0 Å². The zero-order valence-corrected chi connectivity index (χ0v) is 14.2. The molecule has 3 rings (SSSR count). The van der Waals surface area contributed by atoms with Crippen LogP contribution in [-0.2, 0) is 0 Å². The van der Waals surface area contributed by atoms with Gasteiger partial charge in [-0.05, 0) is 41.9 Å². The number of carbonyl (C=O) groups excluding carboxylic acids is 1. The molecular weight excluding hydrogens is 366 g/mol. The van der Waals surface area contributed by atoms with E-state index in [-0.39, 0.29) is 10.8 Å². The molecule has 3 nitrogen and oxygen atoms in total. The molecule has 7 heteroatoms. The molecule has 25 heavy (non-hydrogen) atoms. The first-order valence-electron chi connectivity index (χ1n) is 7.20. The van der Waals surface area contributed by atoms with Gasteiger partial charge in [-0.1, -0.05) is 35.9 Å². The van der Waals surface area contributed by atoms with Crippen LogP contribution in [0.25, 0.3) is 10.8 Å². The Morgan fingerprint density at radius 2 is 1.72 bits per heavy atom. The molecule has 0 spiro atoms. The summed E-state index contributed by atoms with van der Waals surface area (Å²) in [7, 11) is 0. The molecule has 0 aliphatic carbocycles. The van der Waals surface area contributed by atoms with Gasteiger partial charge in [0.2, 0.25) is 0 Å². The molecule has 0 unspecified atom stereocenters. The third-order valence-corrected chi connectivity index (χ3v) is 4.05. The number of anilines is 1. The summed E-state index contributed by atoms with van der Waals surface area (Å²) in [4.78, 5) is 12.5. The summed E-state index contributed by atoms with van der Waals surface area (Å²) in [5.41, 5.74) is 0.344. The molecule has 0 atom stereocenters. The predicted molar refractivity (Wildman–Crippen MR) is 99.0 cm³/mol. The van der Waals surface area contributed by atoms with Crippen LogP contribution in [0.4, 0.5) is 14.5 Å². The highest BCUT2D eigenvalue weighted by Gasteiger charge is 2.13. The lowest BCUT2D eigenvalue weighted by molar-refractivity contribution is 0.0979. The average Bonchev–Trinajstić information content (AvgIpc) is 2.57. The van der Waals surface area contributed by atoms with E-state index in [9.17, 15) is 13.6 Å². The Morgan fingerprint density at radius 1 is 1.00 bits per heavy atom. The first-order valence-corrected chi connectivity index (χ1v) is 7.99. The molecule has 126 valence electrons. The van der Waals surface area contributed by atoms with Crippen molar-refractivity contribution in [3.05, 3.63) is 76.8 Å². The second kappa shape index (κ2) is 7.13. The van der Waals surface area contributed by atoms with Gasteiger partial charge in [-0.3, -0.25) is 10.1 Å². The molecule has 0 fully saturated rings. The molecule has 3 aromatic rings. The predicted octanol–water partition coefficient (Wildman–Crippen LogP) is 4.90. The Balaban J connectivity index is 1.80. The molecule has 0 saturated carbocycles. The average molecular weight is 377 g/mol. The van der Waals surface area contributed by atoms with E-state index in [1.54, 1.807) is 36.4 Å². The molecule has 0 aromatic heterocycles. The lowest BCUT2D eigenvalue weighted by Gasteiger charge is -2.12. The summed E-state index contributed by atoms with van der Waals surface area (Å²) in [5.74, 6) is -1.98. The van der Waals surface area contributed by atoms with Gasteiger partial charge in [0.15, 0.2) is 5.11 Å². The fourth-order valence-corrected chi connectivity index (χ4v) is 2.82. The van der Waals surface area contributed by atoms with Crippen molar-refractivity contribution in [3.63, 3.8) is 0 Å². The minimum Gasteiger partial charge on any atom is -0.330 e. The normalized spacial score (nSPS) is 10.5. The summed E-state index contributed by atoms with van der Waals surface area (Å²) in [6.45, 7) is 0. The molecule has 2 N–H and O–H groups in total. The van der Waals surface area contributed by atoms with Crippen molar-refractivity contribution in [1.29, 1.82) is 0 Å². The van der Waals surface area contributed by atoms with Gasteiger partial charge >= 0.3 is 0 Å². The van der Waals surface area contributed by atoms with Crippen LogP contribution in [0.15, 0.2) is 54.6 Å². The van der Waals surface area contributed by atoms with Crippen LogP contribution < -0.4 is 10.6 Å². The number of amides is 1. The van der Waals surface area contributed by atoms with Crippen molar-refractivity contribution in [2.24, 2.45) is 0 Å². The molecule has 0 radical (unpaired) electrons. The number of halogens is 3. The Hall–Kier alpha value is -2.57. The Labute approximate surface area is 152 Å². The maximum atomic E-state index is 13.6. The number of hydrogen-bond donors (Lipinski definition) is 2. The van der Waals surface area contributed by atoms with Crippen molar-refractivity contribution in [1.82, 2.24) is 5.32 Å². The van der Waals surface area contributed by atoms with Gasteiger partial charge < -0.3 is 5.32 Å². The summed E-state index contributed by atoms with van der Waals surface area (Å²) < 4.78 is 26.6. The van der Waals surface area contributed by atoms with Gasteiger partial charge in [0.25, 0.3) is 5.91 Å². The third kappa shape index (κ3) is 3.75. The Morgan fingerprint density at radius 3 is 2.48 bits per heavy atom. The number of fused-ring (bicyclic) bond motifs is 1. The van der Waals surface area contributed by atoms with Gasteiger partial charge in [-0.2, -0.15) is 0 Å². The SMILES string of the molecule is O=C(NC(=S)Nc1ccc(F)cc1F)c1cccc2c(Cl)cccc12. The highest BCUT2D eigenvalue weighted by atomic mass is 35.5. The zero-order chi connectivity index (χ0) is 18.0. The number of hydrogen-bond acceptors (Lipinski definition) is 2. The second-order valence-corrected chi connectivity index (χ2v) is 5.99. The first-order chi connectivity index (χ1) is 12.0. The maximum absolute atomic E-state index is 13.6. The zero-order valence-electron chi connectivity index (χ0n) is 12.6. The van der Waals surface area contributed by atoms with Crippen molar-refractivity contribution >= 4 is 51.3 Å². The van der Waals surface area contributed by atoms with Gasteiger partial charge in [0.05, 0.1) is 5.69 Å². The highest BCUT2D eigenvalue weighted by molar-refractivity contribution is 7.80. The summed E-state index contributed by atoms with van der Waals surface area (Å²) in [5, 5.41) is 6.84. The number of carbonyl (C=O) groups is 1. The summed E-state index contributed by atoms with van der Waals surface area (Å²) in [6.07, 6.45) is 0. The molecule has 1 amide bonds. The van der Waals surface area contributed by atoms with Crippen molar-refractivity contribution in [3.8, 4) is 0 Å². The van der Waals surface area contributed by atoms with E-state index in [1.165, 1.54) is 6.07 Å². The highest BCUT2D eigenvalue weighted by Crippen LogP contribution is 2.26. The molecule has 3 aromatic carbocycles. The van der Waals surface area contributed by atoms with Gasteiger partial charge in [-0.15, -0.1) is 0 Å². The topological polar surface area (TPSA) is 41.1 Å². The quantitative estimate of drug-likeness (QED) is 0.625. The van der Waals surface area contributed by atoms with Gasteiger partial charge in [0.1, 0.15) is 11.6 Å². The molecular formula is C18H11ClF2N2OS. The number of benzene rings is 3. The summed E-state index contributed by atoms with van der Waals surface area (Å²) >= 11 is 11.2. The number of thiocarbonyl (C=S) groups is 1. The van der Waals surface area contributed by atoms with E-state index in [0.717, 1.165) is 17.5 Å². The fraction of sp³-hybridized carbons (Fsp3) is 0. The maximum Gasteiger partial charge on any atom is 0.258 e. The van der Waals surface area contributed by atoms with Crippen LogP contribution >= 0.6 is 23.8 Å². The van der Waals surface area contributed by atoms with Crippen molar-refractivity contribution < 1.29 is 13.6 Å². The Bertz CT molecular complexity index is 994. The lowest BCUT2D eigenvalue weighted by Crippen LogP contribution is -2.34. The van der Waals surface area contributed by atoms with E-state index in [2.05, 4.69) is 10.6 Å². The first kappa shape index (κ1) is 17.3. The standard InChI is InChI=1S/C18H11ClF2N2OS/c19-14-6-2-3-11-12(14)4-1-5-13(11)17(24)23-18(25)22-16-8-7-10(20)9-15(16)21/h1-9H,(H2,22,23,24,25). The minimum absolute atomic E-state index is 0.0346. The molecule has 0 aliphatic heterocycles. The van der Waals surface area contributed by atoms with Crippen LogP contribution in [0, 0.1) is 11.6 Å². The largest absolute Gasteiger partial charge is 0.330 e. The van der Waals surface area contributed by atoms with Crippen LogP contribution in [0.1, 0.15) is 10.4 Å². The monoisotopic (exact) mass is 376 g/mol. The summed E-state index contributed by atoms with van der Waals surface area (Å²) in [6, 6.07) is 13.4. The van der Waals surface area contributed by atoms with Crippen LogP contribution in [0.5, 0.6) is 0 Å². The fourth-order valence-electron chi connectivity index (χ4n) is 2.38.